The smallest absolute Gasteiger partial charge is 0.338 e. The number of methoxy groups -OCH3 is 2. The van der Waals surface area contributed by atoms with Crippen molar-refractivity contribution in [1.29, 1.82) is 0 Å². The van der Waals surface area contributed by atoms with Gasteiger partial charge in [0.05, 0.1) is 17.7 Å². The van der Waals surface area contributed by atoms with Crippen LogP contribution in [0.4, 0.5) is 0 Å². The number of halogens is 1. The lowest BCUT2D eigenvalue weighted by atomic mass is 9.73. The minimum atomic E-state index is -0.875. The third-order valence-corrected chi connectivity index (χ3v) is 6.88. The van der Waals surface area contributed by atoms with Crippen LogP contribution in [0.5, 0.6) is 0 Å². The second-order valence-corrected chi connectivity index (χ2v) is 10.6. The summed E-state index contributed by atoms with van der Waals surface area (Å²) in [6, 6.07) is 5.59. The van der Waals surface area contributed by atoms with E-state index in [1.54, 1.807) is 31.2 Å². The van der Waals surface area contributed by atoms with Gasteiger partial charge in [-0.15, -0.1) is 12.6 Å². The summed E-state index contributed by atoms with van der Waals surface area (Å²) in [6.07, 6.45) is -1.61. The fourth-order valence-corrected chi connectivity index (χ4v) is 5.11. The Labute approximate surface area is 216 Å². The molecule has 2 aliphatic rings. The maximum atomic E-state index is 13.0. The molecular weight excluding hydrogens is 494 g/mol. The molecule has 1 aromatic carbocycles. The zero-order valence-electron chi connectivity index (χ0n) is 20.5. The molecule has 1 saturated carbocycles. The van der Waals surface area contributed by atoms with Crippen molar-refractivity contribution >= 4 is 41.8 Å². The largest absolute Gasteiger partial charge is 0.454 e. The number of hydrogen-bond acceptors (Lipinski definition) is 9. The number of nitrogens with one attached hydrogen (secondary N) is 1. The van der Waals surface area contributed by atoms with Crippen molar-refractivity contribution in [1.82, 2.24) is 5.32 Å². The van der Waals surface area contributed by atoms with E-state index in [0.29, 0.717) is 16.3 Å². The first kappa shape index (κ1) is 27.7. The topological polar surface area (TPSA) is 100 Å². The van der Waals surface area contributed by atoms with E-state index >= 15 is 0 Å². The number of hydrogen-bond donors (Lipinski definition) is 2. The normalized spacial score (nSPS) is 28.5. The standard InChI is InChI=1S/C25H32ClNO7S/c1-13(19-16(28)10-25(2,3)11-17(19)29)27-20-22(21(32-5)18(12-31-4)33-24(20)35)34-23(30)14-6-8-15(26)9-7-14/h6-9,18,20-22,24,27,35H,10-12H2,1-5H3/t18-,20+,21-,22-,24+/m1/s1. The summed E-state index contributed by atoms with van der Waals surface area (Å²) in [5.41, 5.74) is -0.325. The molecule has 1 aromatic rings. The van der Waals surface area contributed by atoms with Crippen molar-refractivity contribution in [2.45, 2.75) is 63.4 Å². The monoisotopic (exact) mass is 525 g/mol. The van der Waals surface area contributed by atoms with E-state index in [0.717, 1.165) is 0 Å². The van der Waals surface area contributed by atoms with E-state index in [9.17, 15) is 14.4 Å². The predicted octanol–water partition coefficient (Wildman–Crippen LogP) is 3.37. The summed E-state index contributed by atoms with van der Waals surface area (Å²) in [6.45, 7) is 5.63. The van der Waals surface area contributed by atoms with Gasteiger partial charge in [-0.25, -0.2) is 4.79 Å². The minimum absolute atomic E-state index is 0.126. The van der Waals surface area contributed by atoms with Gasteiger partial charge < -0.3 is 24.3 Å². The summed E-state index contributed by atoms with van der Waals surface area (Å²) >= 11 is 10.5. The lowest BCUT2D eigenvalue weighted by Gasteiger charge is -2.45. The van der Waals surface area contributed by atoms with Crippen LogP contribution in [0.1, 0.15) is 44.0 Å². The van der Waals surface area contributed by atoms with Gasteiger partial charge in [0, 0.05) is 37.8 Å². The lowest BCUT2D eigenvalue weighted by Crippen LogP contribution is -2.63. The van der Waals surface area contributed by atoms with Crippen molar-refractivity contribution in [2.75, 3.05) is 20.8 Å². The number of ether oxygens (including phenoxy) is 4. The van der Waals surface area contributed by atoms with Gasteiger partial charge in [-0.05, 0) is 36.6 Å². The first-order valence-corrected chi connectivity index (χ1v) is 12.2. The number of carbonyl (C=O) groups excluding carboxylic acids is 3. The van der Waals surface area contributed by atoms with Crippen LogP contribution in [-0.4, -0.2) is 68.2 Å². The van der Waals surface area contributed by atoms with Gasteiger partial charge in [0.1, 0.15) is 23.7 Å². The Morgan fingerprint density at radius 3 is 2.29 bits per heavy atom. The second-order valence-electron chi connectivity index (χ2n) is 9.63. The maximum absolute atomic E-state index is 13.0. The summed E-state index contributed by atoms with van der Waals surface area (Å²) in [5, 5.41) is 3.68. The molecule has 0 unspecified atom stereocenters. The Kier molecular flexibility index (Phi) is 9.04. The van der Waals surface area contributed by atoms with Gasteiger partial charge in [0.2, 0.25) is 0 Å². The van der Waals surface area contributed by atoms with Crippen LogP contribution < -0.4 is 5.32 Å². The molecule has 1 aliphatic heterocycles. The summed E-state index contributed by atoms with van der Waals surface area (Å²) in [5.74, 6) is -1.03. The number of thiol groups is 1. The molecule has 35 heavy (non-hydrogen) atoms. The minimum Gasteiger partial charge on any atom is -0.454 e. The van der Waals surface area contributed by atoms with E-state index in [-0.39, 0.29) is 42.0 Å². The Morgan fingerprint density at radius 2 is 1.74 bits per heavy atom. The molecule has 0 spiro atoms. The van der Waals surface area contributed by atoms with Gasteiger partial charge >= 0.3 is 5.97 Å². The SMILES string of the molecule is COC[C@H]1O[C@@H](S)[C@@H](NC(C)=C2C(=O)CC(C)(C)CC2=O)[C@@H](OC(=O)c2ccc(Cl)cc2)[C@@H]1OC. The van der Waals surface area contributed by atoms with Crippen LogP contribution >= 0.6 is 24.2 Å². The highest BCUT2D eigenvalue weighted by molar-refractivity contribution is 7.80. The highest BCUT2D eigenvalue weighted by Gasteiger charge is 2.48. The van der Waals surface area contributed by atoms with Crippen molar-refractivity contribution < 1.29 is 33.3 Å². The number of carbonyl (C=O) groups is 3. The summed E-state index contributed by atoms with van der Waals surface area (Å²) in [4.78, 5) is 38.6. The average Bonchev–Trinajstić information content (AvgIpc) is 2.75. The van der Waals surface area contributed by atoms with Crippen molar-refractivity contribution in [2.24, 2.45) is 5.41 Å². The molecule has 5 atom stereocenters. The van der Waals surface area contributed by atoms with Gasteiger partial charge in [0.25, 0.3) is 0 Å². The molecule has 0 amide bonds. The average molecular weight is 526 g/mol. The molecule has 192 valence electrons. The number of allylic oxidation sites excluding steroid dienone is 2. The van der Waals surface area contributed by atoms with Crippen LogP contribution in [0.15, 0.2) is 35.5 Å². The Balaban J connectivity index is 1.93. The Bertz CT molecular complexity index is 972. The number of benzene rings is 1. The second kappa shape index (κ2) is 11.4. The first-order valence-electron chi connectivity index (χ1n) is 11.3. The zero-order chi connectivity index (χ0) is 25.9. The summed E-state index contributed by atoms with van der Waals surface area (Å²) < 4.78 is 22.8. The fourth-order valence-electron chi connectivity index (χ4n) is 4.58. The first-order chi connectivity index (χ1) is 16.5. The van der Waals surface area contributed by atoms with Gasteiger partial charge in [-0.2, -0.15) is 0 Å². The Morgan fingerprint density at radius 1 is 1.14 bits per heavy atom. The molecule has 10 heteroatoms. The molecule has 3 rings (SSSR count). The maximum Gasteiger partial charge on any atom is 0.338 e. The van der Waals surface area contributed by atoms with Crippen LogP contribution in [0.3, 0.4) is 0 Å². The molecular formula is C25H32ClNO7S. The van der Waals surface area contributed by atoms with Gasteiger partial charge in [0.15, 0.2) is 17.7 Å². The predicted molar refractivity (Wildman–Crippen MR) is 134 cm³/mol. The van der Waals surface area contributed by atoms with E-state index in [2.05, 4.69) is 17.9 Å². The molecule has 1 N–H and O–H groups in total. The molecule has 1 aliphatic carbocycles. The van der Waals surface area contributed by atoms with Crippen LogP contribution in [0.2, 0.25) is 5.02 Å². The number of ketones is 2. The molecule has 1 saturated heterocycles. The third kappa shape index (κ3) is 6.46. The molecule has 0 radical (unpaired) electrons. The van der Waals surface area contributed by atoms with E-state index in [1.807, 2.05) is 13.8 Å². The molecule has 0 aromatic heterocycles. The molecule has 1 heterocycles. The number of esters is 1. The van der Waals surface area contributed by atoms with Crippen molar-refractivity contribution in [3.63, 3.8) is 0 Å². The van der Waals surface area contributed by atoms with Gasteiger partial charge in [-0.1, -0.05) is 25.4 Å². The van der Waals surface area contributed by atoms with Crippen LogP contribution in [0, 0.1) is 5.41 Å². The number of rotatable bonds is 7. The zero-order valence-corrected chi connectivity index (χ0v) is 22.2. The summed E-state index contributed by atoms with van der Waals surface area (Å²) in [7, 11) is 3.01. The molecule has 0 bridgehead atoms. The number of Topliss-reactive ketones (excluding diaryl/α,β-unsaturated/α-hetero) is 2. The molecule has 8 nitrogen and oxygen atoms in total. The van der Waals surface area contributed by atoms with E-state index in [4.69, 9.17) is 30.5 Å². The van der Waals surface area contributed by atoms with Crippen LogP contribution in [0.25, 0.3) is 0 Å². The third-order valence-electron chi connectivity index (χ3n) is 6.19. The van der Waals surface area contributed by atoms with Gasteiger partial charge in [-0.3, -0.25) is 9.59 Å². The van der Waals surface area contributed by atoms with E-state index < -0.39 is 35.8 Å². The Hall–Kier alpha value is -1.91. The van der Waals surface area contributed by atoms with Crippen molar-refractivity contribution in [3.8, 4) is 0 Å². The van der Waals surface area contributed by atoms with E-state index in [1.165, 1.54) is 14.2 Å². The fraction of sp³-hybridized carbons (Fsp3) is 0.560. The highest BCUT2D eigenvalue weighted by Crippen LogP contribution is 2.35. The van der Waals surface area contributed by atoms with Crippen LogP contribution in [-0.2, 0) is 28.5 Å². The molecule has 2 fully saturated rings. The quantitative estimate of drug-likeness (QED) is 0.242. The lowest BCUT2D eigenvalue weighted by molar-refractivity contribution is -0.184. The van der Waals surface area contributed by atoms with Crippen molar-refractivity contribution in [3.05, 3.63) is 46.1 Å². The highest BCUT2D eigenvalue weighted by atomic mass is 35.5.